The number of nitrogens with zero attached hydrogens (tertiary/aromatic N) is 3. The zero-order valence-corrected chi connectivity index (χ0v) is 14.5. The first-order valence-electron chi connectivity index (χ1n) is 8.64. The quantitative estimate of drug-likeness (QED) is 0.627. The van der Waals surface area contributed by atoms with E-state index in [-0.39, 0.29) is 0 Å². The van der Waals surface area contributed by atoms with Crippen molar-refractivity contribution in [3.63, 3.8) is 0 Å². The van der Waals surface area contributed by atoms with Crippen molar-refractivity contribution < 1.29 is 0 Å². The first-order valence-corrected chi connectivity index (χ1v) is 8.64. The highest BCUT2D eigenvalue weighted by molar-refractivity contribution is 5.80. The molecule has 0 aliphatic heterocycles. The third kappa shape index (κ3) is 5.04. The van der Waals surface area contributed by atoms with Crippen LogP contribution < -0.4 is 10.6 Å². The predicted molar refractivity (Wildman–Crippen MR) is 92.2 cm³/mol. The lowest BCUT2D eigenvalue weighted by Gasteiger charge is -2.18. The molecule has 1 heterocycles. The highest BCUT2D eigenvalue weighted by Gasteiger charge is 2.16. The van der Waals surface area contributed by atoms with Gasteiger partial charge < -0.3 is 10.6 Å². The van der Waals surface area contributed by atoms with E-state index >= 15 is 0 Å². The molecule has 1 aliphatic carbocycles. The number of hydrogen-bond acceptors (Lipinski definition) is 2. The van der Waals surface area contributed by atoms with Crippen molar-refractivity contribution >= 4 is 5.96 Å². The number of rotatable bonds is 6. The zero-order chi connectivity index (χ0) is 15.9. The molecule has 1 saturated carbocycles. The SMILES string of the molecule is CCNC(=NCC(C)Cn1nc(C)cc1C)NC1CCCC1. The fraction of sp³-hybridized carbons (Fsp3) is 0.765. The van der Waals surface area contributed by atoms with E-state index in [9.17, 15) is 0 Å². The normalized spacial score (nSPS) is 17.7. The van der Waals surface area contributed by atoms with E-state index in [0.29, 0.717) is 12.0 Å². The van der Waals surface area contributed by atoms with E-state index in [2.05, 4.69) is 47.3 Å². The number of nitrogens with one attached hydrogen (secondary N) is 2. The summed E-state index contributed by atoms with van der Waals surface area (Å²) in [6.45, 7) is 11.2. The van der Waals surface area contributed by atoms with Crippen molar-refractivity contribution in [2.45, 2.75) is 66.0 Å². The van der Waals surface area contributed by atoms with E-state index in [1.54, 1.807) is 0 Å². The first-order chi connectivity index (χ1) is 10.6. The van der Waals surface area contributed by atoms with Crippen LogP contribution in [-0.2, 0) is 6.54 Å². The minimum atomic E-state index is 0.469. The number of aryl methyl sites for hydroxylation is 2. The molecule has 0 bridgehead atoms. The second-order valence-electron chi connectivity index (χ2n) is 6.56. The van der Waals surface area contributed by atoms with E-state index in [0.717, 1.165) is 31.3 Å². The van der Waals surface area contributed by atoms with Gasteiger partial charge >= 0.3 is 0 Å². The summed E-state index contributed by atoms with van der Waals surface area (Å²) >= 11 is 0. The Morgan fingerprint density at radius 3 is 2.73 bits per heavy atom. The summed E-state index contributed by atoms with van der Waals surface area (Å²) in [5.74, 6) is 1.44. The van der Waals surface area contributed by atoms with Gasteiger partial charge in [-0.3, -0.25) is 9.67 Å². The third-order valence-corrected chi connectivity index (χ3v) is 4.19. The van der Waals surface area contributed by atoms with Crippen LogP contribution in [-0.4, -0.2) is 34.9 Å². The van der Waals surface area contributed by atoms with Crippen molar-refractivity contribution in [3.8, 4) is 0 Å². The number of hydrogen-bond donors (Lipinski definition) is 2. The third-order valence-electron chi connectivity index (χ3n) is 4.19. The molecule has 1 fully saturated rings. The summed E-state index contributed by atoms with van der Waals surface area (Å²) in [7, 11) is 0. The molecule has 1 atom stereocenters. The monoisotopic (exact) mass is 305 g/mol. The van der Waals surface area contributed by atoms with Crippen molar-refractivity contribution in [2.24, 2.45) is 10.9 Å². The summed E-state index contributed by atoms with van der Waals surface area (Å²) in [6, 6.07) is 2.73. The molecule has 1 unspecified atom stereocenters. The van der Waals surface area contributed by atoms with Gasteiger partial charge in [-0.2, -0.15) is 5.10 Å². The molecule has 124 valence electrons. The fourth-order valence-corrected chi connectivity index (χ4v) is 3.04. The van der Waals surface area contributed by atoms with E-state index < -0.39 is 0 Å². The van der Waals surface area contributed by atoms with Gasteiger partial charge in [0.25, 0.3) is 0 Å². The molecule has 1 aliphatic rings. The minimum absolute atomic E-state index is 0.469. The fourth-order valence-electron chi connectivity index (χ4n) is 3.04. The van der Waals surface area contributed by atoms with Gasteiger partial charge in [0.1, 0.15) is 0 Å². The average molecular weight is 305 g/mol. The Morgan fingerprint density at radius 2 is 2.14 bits per heavy atom. The zero-order valence-electron chi connectivity index (χ0n) is 14.5. The topological polar surface area (TPSA) is 54.2 Å². The van der Waals surface area contributed by atoms with Crippen LogP contribution in [0, 0.1) is 19.8 Å². The van der Waals surface area contributed by atoms with Gasteiger partial charge in [-0.15, -0.1) is 0 Å². The Labute approximate surface area is 134 Å². The molecule has 22 heavy (non-hydrogen) atoms. The summed E-state index contributed by atoms with van der Waals surface area (Å²) in [5, 5.41) is 11.5. The van der Waals surface area contributed by atoms with Crippen LogP contribution >= 0.6 is 0 Å². The summed E-state index contributed by atoms with van der Waals surface area (Å²) in [6.07, 6.45) is 5.22. The van der Waals surface area contributed by atoms with Gasteiger partial charge in [0.2, 0.25) is 0 Å². The predicted octanol–water partition coefficient (Wildman–Crippen LogP) is 2.63. The van der Waals surface area contributed by atoms with Crippen LogP contribution in [0.25, 0.3) is 0 Å². The lowest BCUT2D eigenvalue weighted by molar-refractivity contribution is 0.449. The van der Waals surface area contributed by atoms with Crippen LogP contribution in [0.4, 0.5) is 0 Å². The van der Waals surface area contributed by atoms with Crippen molar-refractivity contribution in [2.75, 3.05) is 13.1 Å². The largest absolute Gasteiger partial charge is 0.357 e. The van der Waals surface area contributed by atoms with Gasteiger partial charge in [-0.05, 0) is 45.6 Å². The molecule has 2 rings (SSSR count). The highest BCUT2D eigenvalue weighted by Crippen LogP contribution is 2.17. The van der Waals surface area contributed by atoms with Gasteiger partial charge in [0.05, 0.1) is 5.69 Å². The Kier molecular flexibility index (Phi) is 6.28. The van der Waals surface area contributed by atoms with E-state index in [4.69, 9.17) is 4.99 Å². The average Bonchev–Trinajstić information content (AvgIpc) is 3.07. The Hall–Kier alpha value is -1.52. The molecule has 1 aromatic heterocycles. The molecule has 0 saturated heterocycles. The molecule has 0 radical (unpaired) electrons. The lowest BCUT2D eigenvalue weighted by Crippen LogP contribution is -2.42. The first kappa shape index (κ1) is 16.8. The van der Waals surface area contributed by atoms with Crippen LogP contribution in [0.2, 0.25) is 0 Å². The summed E-state index contributed by atoms with van der Waals surface area (Å²) in [5.41, 5.74) is 2.31. The van der Waals surface area contributed by atoms with Crippen molar-refractivity contribution in [1.29, 1.82) is 0 Å². The molecule has 0 amide bonds. The van der Waals surface area contributed by atoms with Crippen LogP contribution in [0.3, 0.4) is 0 Å². The van der Waals surface area contributed by atoms with Crippen molar-refractivity contribution in [3.05, 3.63) is 17.5 Å². The van der Waals surface area contributed by atoms with E-state index in [1.807, 2.05) is 6.92 Å². The second-order valence-corrected chi connectivity index (χ2v) is 6.56. The number of aromatic nitrogens is 2. The molecular weight excluding hydrogens is 274 g/mol. The second kappa shape index (κ2) is 8.20. The lowest BCUT2D eigenvalue weighted by atomic mass is 10.2. The molecular formula is C17H31N5. The molecule has 2 N–H and O–H groups in total. The standard InChI is InChI=1S/C17H31N5/c1-5-18-17(20-16-8-6-7-9-16)19-11-13(2)12-22-15(4)10-14(3)21-22/h10,13,16H,5-9,11-12H2,1-4H3,(H2,18,19,20). The molecule has 5 heteroatoms. The van der Waals surface area contributed by atoms with E-state index in [1.165, 1.54) is 31.4 Å². The molecule has 1 aromatic rings. The van der Waals surface area contributed by atoms with Crippen LogP contribution in [0.15, 0.2) is 11.1 Å². The smallest absolute Gasteiger partial charge is 0.191 e. The number of aliphatic imine (C=N–C) groups is 1. The Balaban J connectivity index is 1.86. The molecule has 0 aromatic carbocycles. The maximum absolute atomic E-state index is 4.76. The van der Waals surface area contributed by atoms with Gasteiger partial charge in [-0.25, -0.2) is 0 Å². The van der Waals surface area contributed by atoms with Gasteiger partial charge in [0.15, 0.2) is 5.96 Å². The Bertz CT molecular complexity index is 485. The highest BCUT2D eigenvalue weighted by atomic mass is 15.3. The molecule has 5 nitrogen and oxygen atoms in total. The van der Waals surface area contributed by atoms with Crippen molar-refractivity contribution in [1.82, 2.24) is 20.4 Å². The van der Waals surface area contributed by atoms with Crippen LogP contribution in [0.1, 0.15) is 50.9 Å². The van der Waals surface area contributed by atoms with Crippen LogP contribution in [0.5, 0.6) is 0 Å². The minimum Gasteiger partial charge on any atom is -0.357 e. The number of guanidine groups is 1. The van der Waals surface area contributed by atoms with Gasteiger partial charge in [-0.1, -0.05) is 19.8 Å². The maximum atomic E-state index is 4.76. The molecule has 0 spiro atoms. The Morgan fingerprint density at radius 1 is 1.41 bits per heavy atom. The summed E-state index contributed by atoms with van der Waals surface area (Å²) in [4.78, 5) is 4.76. The van der Waals surface area contributed by atoms with Gasteiger partial charge in [0, 0.05) is 31.4 Å². The summed E-state index contributed by atoms with van der Waals surface area (Å²) < 4.78 is 2.09. The maximum Gasteiger partial charge on any atom is 0.191 e.